The third kappa shape index (κ3) is 2.60. The number of imidazole rings is 1. The average molecular weight is 347 g/mol. The Kier molecular flexibility index (Phi) is 3.27. The SMILES string of the molecule is NS(=O)(=O)c1cc2cc(-c3nccn3C(F)(F)F)ccc2s1. The van der Waals surface area contributed by atoms with Crippen LogP contribution in [0, 0.1) is 0 Å². The summed E-state index contributed by atoms with van der Waals surface area (Å²) in [5.41, 5.74) is 0.230. The fourth-order valence-electron chi connectivity index (χ4n) is 2.02. The van der Waals surface area contributed by atoms with E-state index in [1.54, 1.807) is 6.07 Å². The summed E-state index contributed by atoms with van der Waals surface area (Å²) in [6, 6.07) is 5.78. The summed E-state index contributed by atoms with van der Waals surface area (Å²) in [5.74, 6) is -0.266. The zero-order chi connectivity index (χ0) is 16.1. The molecule has 116 valence electrons. The molecular weight excluding hydrogens is 339 g/mol. The smallest absolute Gasteiger partial charge is 0.241 e. The Balaban J connectivity index is 2.16. The van der Waals surface area contributed by atoms with Crippen LogP contribution in [0.2, 0.25) is 0 Å². The molecule has 0 aliphatic heterocycles. The van der Waals surface area contributed by atoms with Gasteiger partial charge in [0.05, 0.1) is 0 Å². The Bertz CT molecular complexity index is 958. The zero-order valence-corrected chi connectivity index (χ0v) is 12.3. The van der Waals surface area contributed by atoms with Crippen LogP contribution in [0.3, 0.4) is 0 Å². The number of primary sulfonamides is 1. The van der Waals surface area contributed by atoms with Crippen molar-refractivity contribution in [1.82, 2.24) is 9.55 Å². The molecule has 0 bridgehead atoms. The standard InChI is InChI=1S/C12H8F3N3O2S2/c13-12(14,15)18-4-3-17-11(18)7-1-2-9-8(5-7)6-10(21-9)22(16,19)20/h1-6H,(H2,16,19,20). The molecule has 22 heavy (non-hydrogen) atoms. The van der Waals surface area contributed by atoms with Gasteiger partial charge in [-0.15, -0.1) is 24.5 Å². The first-order valence-corrected chi connectivity index (χ1v) is 8.20. The average Bonchev–Trinajstić information content (AvgIpc) is 3.03. The number of hydrogen-bond acceptors (Lipinski definition) is 4. The lowest BCUT2D eigenvalue weighted by Gasteiger charge is -2.11. The van der Waals surface area contributed by atoms with E-state index in [9.17, 15) is 21.6 Å². The van der Waals surface area contributed by atoms with Crippen molar-refractivity contribution in [3.8, 4) is 11.4 Å². The van der Waals surface area contributed by atoms with Gasteiger partial charge < -0.3 is 0 Å². The summed E-state index contributed by atoms with van der Waals surface area (Å²) in [7, 11) is -3.85. The van der Waals surface area contributed by atoms with E-state index in [2.05, 4.69) is 4.98 Å². The lowest BCUT2D eigenvalue weighted by atomic mass is 10.1. The summed E-state index contributed by atoms with van der Waals surface area (Å²) >= 11 is 0.958. The second-order valence-electron chi connectivity index (χ2n) is 4.45. The number of aromatic nitrogens is 2. The van der Waals surface area contributed by atoms with Crippen LogP contribution in [0.25, 0.3) is 21.5 Å². The minimum Gasteiger partial charge on any atom is -0.241 e. The molecule has 3 aromatic rings. The normalized spacial score (nSPS) is 12.9. The molecule has 0 saturated heterocycles. The fourth-order valence-corrected chi connectivity index (χ4v) is 3.82. The number of fused-ring (bicyclic) bond motifs is 1. The second-order valence-corrected chi connectivity index (χ2v) is 7.32. The minimum atomic E-state index is -4.58. The van der Waals surface area contributed by atoms with Crippen molar-refractivity contribution in [2.24, 2.45) is 5.14 Å². The number of benzene rings is 1. The zero-order valence-electron chi connectivity index (χ0n) is 10.7. The molecule has 0 fully saturated rings. The van der Waals surface area contributed by atoms with Gasteiger partial charge in [-0.25, -0.2) is 23.1 Å². The number of sulfonamides is 1. The third-order valence-corrected chi connectivity index (χ3v) is 5.48. The number of hydrogen-bond donors (Lipinski definition) is 1. The summed E-state index contributed by atoms with van der Waals surface area (Å²) in [5, 5.41) is 5.54. The van der Waals surface area contributed by atoms with Gasteiger partial charge in [-0.3, -0.25) is 0 Å². The maximum atomic E-state index is 12.9. The van der Waals surface area contributed by atoms with Crippen molar-refractivity contribution in [1.29, 1.82) is 0 Å². The fraction of sp³-hybridized carbons (Fsp3) is 0.0833. The molecule has 10 heteroatoms. The van der Waals surface area contributed by atoms with E-state index in [-0.39, 0.29) is 20.2 Å². The lowest BCUT2D eigenvalue weighted by molar-refractivity contribution is -0.202. The van der Waals surface area contributed by atoms with Crippen LogP contribution < -0.4 is 5.14 Å². The predicted molar refractivity (Wildman–Crippen MR) is 75.7 cm³/mol. The maximum Gasteiger partial charge on any atom is 0.490 e. The van der Waals surface area contributed by atoms with Crippen molar-refractivity contribution < 1.29 is 21.6 Å². The van der Waals surface area contributed by atoms with E-state index >= 15 is 0 Å². The van der Waals surface area contributed by atoms with Crippen LogP contribution in [0.4, 0.5) is 13.2 Å². The first-order valence-electron chi connectivity index (χ1n) is 5.83. The van der Waals surface area contributed by atoms with E-state index in [1.165, 1.54) is 18.2 Å². The van der Waals surface area contributed by atoms with E-state index in [4.69, 9.17) is 5.14 Å². The Morgan fingerprint density at radius 1 is 1.23 bits per heavy atom. The van der Waals surface area contributed by atoms with Gasteiger partial charge in [-0.2, -0.15) is 0 Å². The molecule has 5 nitrogen and oxygen atoms in total. The Labute approximate surface area is 126 Å². The van der Waals surface area contributed by atoms with Crippen molar-refractivity contribution in [2.45, 2.75) is 10.5 Å². The summed E-state index contributed by atoms with van der Waals surface area (Å²) in [6.07, 6.45) is -2.71. The molecule has 0 unspecified atom stereocenters. The highest BCUT2D eigenvalue weighted by Gasteiger charge is 2.33. The molecule has 0 amide bonds. The molecule has 2 heterocycles. The second kappa shape index (κ2) is 4.80. The number of nitrogens with zero attached hydrogens (tertiary/aromatic N) is 2. The van der Waals surface area contributed by atoms with Gasteiger partial charge in [-0.05, 0) is 29.7 Å². The third-order valence-electron chi connectivity index (χ3n) is 2.95. The number of halogens is 3. The first-order chi connectivity index (χ1) is 10.2. The minimum absolute atomic E-state index is 0.0428. The van der Waals surface area contributed by atoms with Crippen molar-refractivity contribution in [3.05, 3.63) is 36.7 Å². The van der Waals surface area contributed by atoms with Gasteiger partial charge in [-0.1, -0.05) is 0 Å². The largest absolute Gasteiger partial charge is 0.490 e. The van der Waals surface area contributed by atoms with Gasteiger partial charge in [0, 0.05) is 22.7 Å². The highest BCUT2D eigenvalue weighted by Crippen LogP contribution is 2.33. The van der Waals surface area contributed by atoms with Gasteiger partial charge in [0.25, 0.3) is 0 Å². The molecule has 0 radical (unpaired) electrons. The highest BCUT2D eigenvalue weighted by atomic mass is 32.2. The molecule has 0 atom stereocenters. The van der Waals surface area contributed by atoms with Crippen LogP contribution in [0.1, 0.15) is 0 Å². The van der Waals surface area contributed by atoms with Gasteiger partial charge in [0.1, 0.15) is 10.0 Å². The molecule has 0 aliphatic carbocycles. The van der Waals surface area contributed by atoms with Gasteiger partial charge in [0.2, 0.25) is 10.0 Å². The molecule has 0 saturated carbocycles. The molecule has 2 N–H and O–H groups in total. The van der Waals surface area contributed by atoms with Crippen molar-refractivity contribution in [2.75, 3.05) is 0 Å². The Hall–Kier alpha value is -1.91. The topological polar surface area (TPSA) is 78.0 Å². The van der Waals surface area contributed by atoms with Crippen molar-refractivity contribution >= 4 is 31.4 Å². The number of thiophene rings is 1. The molecule has 2 aromatic heterocycles. The number of alkyl halides is 3. The van der Waals surface area contributed by atoms with E-state index < -0.39 is 16.3 Å². The van der Waals surface area contributed by atoms with Crippen LogP contribution in [-0.2, 0) is 16.3 Å². The van der Waals surface area contributed by atoms with E-state index in [0.717, 1.165) is 23.7 Å². The van der Waals surface area contributed by atoms with Gasteiger partial charge in [0.15, 0.2) is 0 Å². The summed E-state index contributed by atoms with van der Waals surface area (Å²) < 4.78 is 61.9. The van der Waals surface area contributed by atoms with Crippen LogP contribution in [0.5, 0.6) is 0 Å². The Morgan fingerprint density at radius 2 is 1.95 bits per heavy atom. The summed E-state index contributed by atoms with van der Waals surface area (Å²) in [6.45, 7) is 0. The van der Waals surface area contributed by atoms with E-state index in [1.807, 2.05) is 0 Å². The quantitative estimate of drug-likeness (QED) is 0.774. The van der Waals surface area contributed by atoms with E-state index in [0.29, 0.717) is 10.1 Å². The van der Waals surface area contributed by atoms with Gasteiger partial charge >= 0.3 is 6.30 Å². The first kappa shape index (κ1) is 15.0. The number of rotatable bonds is 2. The molecule has 0 aliphatic rings. The van der Waals surface area contributed by atoms with Crippen LogP contribution >= 0.6 is 11.3 Å². The molecular formula is C12H8F3N3O2S2. The molecule has 1 aromatic carbocycles. The Morgan fingerprint density at radius 3 is 2.59 bits per heavy atom. The van der Waals surface area contributed by atoms with Crippen molar-refractivity contribution in [3.63, 3.8) is 0 Å². The number of nitrogens with two attached hydrogens (primary N) is 1. The van der Waals surface area contributed by atoms with Crippen LogP contribution in [-0.4, -0.2) is 18.0 Å². The maximum absolute atomic E-state index is 12.9. The lowest BCUT2D eigenvalue weighted by Crippen LogP contribution is -2.16. The molecule has 3 rings (SSSR count). The monoisotopic (exact) mass is 347 g/mol. The van der Waals surface area contributed by atoms with Crippen LogP contribution in [0.15, 0.2) is 40.9 Å². The highest BCUT2D eigenvalue weighted by molar-refractivity contribution is 7.91. The summed E-state index contributed by atoms with van der Waals surface area (Å²) in [4.78, 5) is 3.72. The molecule has 0 spiro atoms. The predicted octanol–water partition coefficient (Wildman–Crippen LogP) is 2.89.